The molecule has 416 valence electrons. The lowest BCUT2D eigenvalue weighted by Gasteiger charge is -2.32. The van der Waals surface area contributed by atoms with Crippen molar-refractivity contribution in [3.63, 3.8) is 0 Å². The average Bonchev–Trinajstić information content (AvgIpc) is 4.01. The molecule has 0 bridgehead atoms. The minimum Gasteiger partial charge on any atom is -0.481 e. The van der Waals surface area contributed by atoms with Crippen molar-refractivity contribution < 1.29 is 48.1 Å². The Kier molecular flexibility index (Phi) is 24.3. The second-order valence-corrected chi connectivity index (χ2v) is 19.4. The number of aromatic nitrogens is 4. The van der Waals surface area contributed by atoms with Crippen LogP contribution in [0.15, 0.2) is 138 Å². The number of aromatic amines is 1. The minimum absolute atomic E-state index is 0.0620. The van der Waals surface area contributed by atoms with E-state index in [4.69, 9.17) is 19.3 Å². The predicted molar refractivity (Wildman–Crippen MR) is 303 cm³/mol. The molecular weight excluding hydrogens is 1000 g/mol. The monoisotopic (exact) mass is 1070 g/mol. The van der Waals surface area contributed by atoms with Crippen LogP contribution < -0.4 is 5.56 Å². The van der Waals surface area contributed by atoms with E-state index >= 15 is 0 Å². The summed E-state index contributed by atoms with van der Waals surface area (Å²) in [5.41, 5.74) is 11.1. The molecule has 1 aliphatic heterocycles. The lowest BCUT2D eigenvalue weighted by molar-refractivity contribution is -0.238. The van der Waals surface area contributed by atoms with Gasteiger partial charge in [-0.05, 0) is 109 Å². The average molecular weight is 1080 g/mol. The summed E-state index contributed by atoms with van der Waals surface area (Å²) >= 11 is 0. The number of aryl methyl sites for hydroxylation is 9. The number of ketones is 2. The molecule has 7 aromatic rings. The number of aliphatic carboxylic acids is 1. The Morgan fingerprint density at radius 1 is 0.570 bits per heavy atom. The Morgan fingerprint density at radius 3 is 1.44 bits per heavy atom. The van der Waals surface area contributed by atoms with Gasteiger partial charge in [0.2, 0.25) is 5.92 Å². The number of fused-ring (bicyclic) bond motifs is 1. The first-order valence-corrected chi connectivity index (χ1v) is 27.2. The quantitative estimate of drug-likeness (QED) is 0.0507. The van der Waals surface area contributed by atoms with E-state index in [0.29, 0.717) is 50.3 Å². The summed E-state index contributed by atoms with van der Waals surface area (Å²) in [4.78, 5) is 90.1. The van der Waals surface area contributed by atoms with Gasteiger partial charge >= 0.3 is 23.9 Å². The van der Waals surface area contributed by atoms with Crippen LogP contribution in [-0.2, 0) is 101 Å². The van der Waals surface area contributed by atoms with Crippen LogP contribution in [0.3, 0.4) is 0 Å². The summed E-state index contributed by atoms with van der Waals surface area (Å²) in [5, 5.41) is 11.5. The summed E-state index contributed by atoms with van der Waals surface area (Å²) in [6.07, 6.45) is 7.98. The molecular formula is C64H74N4O11. The molecule has 15 heteroatoms. The highest BCUT2D eigenvalue weighted by Gasteiger charge is 2.46. The molecule has 0 aliphatic carbocycles. The van der Waals surface area contributed by atoms with Crippen LogP contribution in [0.5, 0.6) is 0 Å². The van der Waals surface area contributed by atoms with Crippen LogP contribution in [0.4, 0.5) is 0 Å². The molecule has 2 aromatic heterocycles. The first kappa shape index (κ1) is 61.5. The molecule has 15 nitrogen and oxygen atoms in total. The van der Waals surface area contributed by atoms with Gasteiger partial charge in [-0.15, -0.1) is 0 Å². The molecule has 1 aliphatic rings. The smallest absolute Gasteiger partial charge is 0.331 e. The van der Waals surface area contributed by atoms with Crippen molar-refractivity contribution >= 4 is 41.2 Å². The topological polar surface area (TPSA) is 213 Å². The molecule has 0 atom stereocenters. The number of hydrogen-bond donors (Lipinski definition) is 2. The largest absolute Gasteiger partial charge is 0.481 e. The molecule has 8 rings (SSSR count). The van der Waals surface area contributed by atoms with Gasteiger partial charge in [0.05, 0.1) is 12.3 Å². The maximum absolute atomic E-state index is 12.4. The molecule has 0 amide bonds. The van der Waals surface area contributed by atoms with E-state index in [1.165, 1.54) is 46.2 Å². The number of carbonyl (C=O) groups is 6. The third-order valence-corrected chi connectivity index (χ3v) is 12.9. The molecule has 2 N–H and O–H groups in total. The molecule has 0 unspecified atom stereocenters. The third kappa shape index (κ3) is 20.5. The van der Waals surface area contributed by atoms with Gasteiger partial charge in [0.15, 0.2) is 11.6 Å². The lowest BCUT2D eigenvalue weighted by atomic mass is 9.96. The van der Waals surface area contributed by atoms with Gasteiger partial charge in [-0.3, -0.25) is 38.7 Å². The highest BCUT2D eigenvalue weighted by Crippen LogP contribution is 2.25. The van der Waals surface area contributed by atoms with E-state index < -0.39 is 41.4 Å². The van der Waals surface area contributed by atoms with Crippen molar-refractivity contribution in [2.24, 2.45) is 5.92 Å². The minimum atomic E-state index is -1.46. The number of ether oxygens (including phenoxy) is 3. The lowest BCUT2D eigenvalue weighted by Crippen LogP contribution is -2.49. The zero-order chi connectivity index (χ0) is 57.3. The summed E-state index contributed by atoms with van der Waals surface area (Å²) in [5.74, 6) is -5.05. The normalized spacial score (nSPS) is 12.5. The van der Waals surface area contributed by atoms with Crippen molar-refractivity contribution in [2.75, 3.05) is 6.61 Å². The summed E-state index contributed by atoms with van der Waals surface area (Å²) in [7, 11) is 0. The number of hydrogen-bond acceptors (Lipinski definition) is 12. The Balaban J connectivity index is 0.000000200. The molecule has 0 spiro atoms. The Morgan fingerprint density at radius 2 is 1.00 bits per heavy atom. The van der Waals surface area contributed by atoms with E-state index in [2.05, 4.69) is 91.3 Å². The summed E-state index contributed by atoms with van der Waals surface area (Å²) < 4.78 is 16.0. The fourth-order valence-electron chi connectivity index (χ4n) is 8.21. The summed E-state index contributed by atoms with van der Waals surface area (Å²) in [6, 6.07) is 44.1. The fourth-order valence-corrected chi connectivity index (χ4v) is 8.21. The Hall–Kier alpha value is -8.33. The van der Waals surface area contributed by atoms with Crippen LogP contribution in [-0.4, -0.2) is 72.5 Å². The van der Waals surface area contributed by atoms with Gasteiger partial charge < -0.3 is 19.3 Å². The highest BCUT2D eigenvalue weighted by atomic mass is 16.7. The van der Waals surface area contributed by atoms with Gasteiger partial charge in [0, 0.05) is 44.7 Å². The number of benzene rings is 5. The zero-order valence-corrected chi connectivity index (χ0v) is 46.5. The maximum atomic E-state index is 12.4. The van der Waals surface area contributed by atoms with Crippen molar-refractivity contribution in [3.8, 4) is 11.4 Å². The number of esters is 3. The Bertz CT molecular complexity index is 3120. The van der Waals surface area contributed by atoms with Gasteiger partial charge in [0.25, 0.3) is 17.1 Å². The molecule has 1 fully saturated rings. The number of Topliss-reactive ketones (excluding diaryl/α,β-unsaturated/α-hetero) is 2. The van der Waals surface area contributed by atoms with Crippen LogP contribution in [0.25, 0.3) is 17.2 Å². The second kappa shape index (κ2) is 31.2. The van der Waals surface area contributed by atoms with Gasteiger partial charge in [0.1, 0.15) is 12.2 Å². The summed E-state index contributed by atoms with van der Waals surface area (Å²) in [6.45, 7) is 13.4. The van der Waals surface area contributed by atoms with E-state index in [0.717, 1.165) is 60.1 Å². The number of carbonyl (C=O) groups excluding carboxylic acids is 5. The molecule has 5 aromatic carbocycles. The van der Waals surface area contributed by atoms with Crippen LogP contribution in [0, 0.1) is 5.92 Å². The molecule has 0 radical (unpaired) electrons. The molecule has 1 saturated heterocycles. The van der Waals surface area contributed by atoms with E-state index in [-0.39, 0.29) is 30.6 Å². The van der Waals surface area contributed by atoms with Crippen molar-refractivity contribution in [1.29, 1.82) is 0 Å². The number of nitrogens with zero attached hydrogens (tertiary/aromatic N) is 3. The highest BCUT2D eigenvalue weighted by molar-refractivity contribution is 6.15. The van der Waals surface area contributed by atoms with E-state index in [1.807, 2.05) is 78.9 Å². The standard InChI is InChI=1S/C21H20N4O.C17H20O5.C15H20O3.C11H14O2/c1-2-15-8-10-16(11-9-15)12-13-18-14-19(26)25-21(22-18)23-20(24-25)17-6-4-3-5-7-17;1-4-11-5-7-12(8-6-11)9-10-13(18)14-15(19)21-17(2,3)22-16(14)20;1-3-12-5-7-13(8-6-12)9-10-14(16)11-15(17)18-4-2;1-2-9-3-5-10(6-4-9)7-8-11(12)13/h3-11,14H,2,12-13H2,1H3,(H,22,23,24);5-8,14H,4,9-10H2,1-3H3;5-8H,3-4,9-11H2,1-2H3;3-6H,2,7-8H2,1H3,(H,12,13). The van der Waals surface area contributed by atoms with Crippen molar-refractivity contribution in [3.05, 3.63) is 194 Å². The molecule has 0 saturated carbocycles. The number of cyclic esters (lactones) is 2. The van der Waals surface area contributed by atoms with Gasteiger partial charge in [-0.25, -0.2) is 4.98 Å². The van der Waals surface area contributed by atoms with Crippen LogP contribution in [0.1, 0.15) is 124 Å². The van der Waals surface area contributed by atoms with Crippen molar-refractivity contribution in [1.82, 2.24) is 19.6 Å². The number of carboxylic acids is 1. The first-order chi connectivity index (χ1) is 37.9. The number of H-pyrrole nitrogens is 1. The van der Waals surface area contributed by atoms with Crippen LogP contribution >= 0.6 is 0 Å². The predicted octanol–water partition coefficient (Wildman–Crippen LogP) is 10.6. The number of nitrogens with one attached hydrogen (secondary N) is 1. The third-order valence-electron chi connectivity index (χ3n) is 12.9. The number of carboxylic acid groups (broad SMARTS) is 1. The number of rotatable bonds is 21. The second-order valence-electron chi connectivity index (χ2n) is 19.4. The zero-order valence-electron chi connectivity index (χ0n) is 46.5. The molecule has 79 heavy (non-hydrogen) atoms. The first-order valence-electron chi connectivity index (χ1n) is 27.2. The Labute approximate surface area is 462 Å². The van der Waals surface area contributed by atoms with Crippen molar-refractivity contribution in [2.45, 2.75) is 138 Å². The van der Waals surface area contributed by atoms with Gasteiger partial charge in [-0.1, -0.05) is 155 Å². The fraction of sp³-hybridized carbons (Fsp3) is 0.359. The maximum Gasteiger partial charge on any atom is 0.331 e. The van der Waals surface area contributed by atoms with E-state index in [9.17, 15) is 33.6 Å². The SMILES string of the molecule is CCOC(=O)CC(=O)CCc1ccc(CC)cc1.CCc1ccc(CCC(=O)C2C(=O)OC(C)(C)OC2=O)cc1.CCc1ccc(CCC(=O)O)cc1.CCc1ccc(CCc2cc(=O)n3[nH]c(-c4ccccc4)nc3n2)cc1. The van der Waals surface area contributed by atoms with Gasteiger partial charge in [-0.2, -0.15) is 9.50 Å². The van der Waals surface area contributed by atoms with Crippen LogP contribution in [0.2, 0.25) is 0 Å². The molecule has 3 heterocycles. The van der Waals surface area contributed by atoms with E-state index in [1.54, 1.807) is 13.0 Å².